The third kappa shape index (κ3) is 65.3. The molecule has 0 saturated carbocycles. The van der Waals surface area contributed by atoms with Gasteiger partial charge in [0.1, 0.15) is 0 Å². The van der Waals surface area contributed by atoms with E-state index in [2.05, 4.69) is 55.4 Å². The van der Waals surface area contributed by atoms with Crippen molar-refractivity contribution in [2.75, 3.05) is 0 Å². The number of rotatable bonds is 0. The standard InChI is InChI=1S/C6H14.C5H12.Ar/c1-5-6(2,3)4;1-5(2,3)4;/h5H2,1-4H3;1-4H3;. The Labute approximate surface area is 110 Å². The summed E-state index contributed by atoms with van der Waals surface area (Å²) in [6.07, 6.45) is 1.27. The van der Waals surface area contributed by atoms with Crippen molar-refractivity contribution in [2.24, 2.45) is 10.8 Å². The molecule has 0 radical (unpaired) electrons. The average Bonchev–Trinajstić information content (AvgIpc) is 1.59. The Balaban J connectivity index is -0.000000126. The van der Waals surface area contributed by atoms with Crippen molar-refractivity contribution in [3.05, 3.63) is 0 Å². The minimum Gasteiger partial charge on any atom is -0.0649 e. The van der Waals surface area contributed by atoms with Crippen LogP contribution < -0.4 is 0 Å². The Morgan fingerprint density at radius 2 is 0.833 bits per heavy atom. The number of hydrogen-bond donors (Lipinski definition) is 0. The van der Waals surface area contributed by atoms with Crippen molar-refractivity contribution < 1.29 is 37.7 Å². The molecule has 0 N–H and O–H groups in total. The zero-order valence-electron chi connectivity index (χ0n) is 10.1. The van der Waals surface area contributed by atoms with Crippen molar-refractivity contribution >= 4 is 0 Å². The van der Waals surface area contributed by atoms with E-state index >= 15 is 0 Å². The van der Waals surface area contributed by atoms with Gasteiger partial charge in [0.15, 0.2) is 0 Å². The monoisotopic (exact) mass is 198 g/mol. The largest absolute Gasteiger partial charge is 0.0649 e. The first-order chi connectivity index (χ1) is 4.56. The van der Waals surface area contributed by atoms with Crippen LogP contribution in [0, 0.1) is 48.6 Å². The topological polar surface area (TPSA) is 0 Å². The molecule has 0 unspecified atom stereocenters. The second kappa shape index (κ2) is 7.64. The van der Waals surface area contributed by atoms with Crippen LogP contribution in [0.15, 0.2) is 0 Å². The van der Waals surface area contributed by atoms with Crippen molar-refractivity contribution in [1.82, 2.24) is 0 Å². The fourth-order valence-electron chi connectivity index (χ4n) is 0. The zero-order chi connectivity index (χ0) is 9.71. The smallest absolute Gasteiger partial charge is 0 e. The molecule has 0 aromatic carbocycles. The first kappa shape index (κ1) is 18.9. The molecule has 0 aliphatic rings. The molecule has 0 saturated heterocycles. The second-order valence-electron chi connectivity index (χ2n) is 5.91. The molecule has 0 fully saturated rings. The molecule has 0 aromatic rings. The van der Waals surface area contributed by atoms with Crippen LogP contribution in [0.25, 0.3) is 0 Å². The predicted molar refractivity (Wildman–Crippen MR) is 54.9 cm³/mol. The molecule has 0 aromatic heterocycles. The van der Waals surface area contributed by atoms with E-state index in [1.807, 2.05) is 0 Å². The summed E-state index contributed by atoms with van der Waals surface area (Å²) < 4.78 is 0. The van der Waals surface area contributed by atoms with Crippen LogP contribution in [0.2, 0.25) is 0 Å². The molecule has 0 atom stereocenters. The maximum absolute atomic E-state index is 2.24. The van der Waals surface area contributed by atoms with Crippen LogP contribution in [-0.4, -0.2) is 0 Å². The molecule has 12 heavy (non-hydrogen) atoms. The van der Waals surface area contributed by atoms with Crippen LogP contribution in [0.3, 0.4) is 0 Å². The van der Waals surface area contributed by atoms with Gasteiger partial charge in [-0.1, -0.05) is 61.8 Å². The van der Waals surface area contributed by atoms with E-state index in [1.165, 1.54) is 6.42 Å². The predicted octanol–water partition coefficient (Wildman–Crippen LogP) is 4.49. The van der Waals surface area contributed by atoms with Gasteiger partial charge in [0, 0.05) is 37.7 Å². The van der Waals surface area contributed by atoms with Gasteiger partial charge < -0.3 is 0 Å². The van der Waals surface area contributed by atoms with E-state index in [1.54, 1.807) is 0 Å². The molecule has 0 aliphatic carbocycles. The number of hydrogen-bond acceptors (Lipinski definition) is 0. The molecule has 0 rings (SSSR count). The third-order valence-electron chi connectivity index (χ3n) is 1.06. The van der Waals surface area contributed by atoms with Crippen LogP contribution >= 0.6 is 0 Å². The van der Waals surface area contributed by atoms with Gasteiger partial charge in [0.2, 0.25) is 0 Å². The van der Waals surface area contributed by atoms with E-state index in [9.17, 15) is 0 Å². The minimum absolute atomic E-state index is 0. The Morgan fingerprint density at radius 3 is 0.833 bits per heavy atom. The molecule has 0 spiro atoms. The van der Waals surface area contributed by atoms with E-state index < -0.39 is 0 Å². The van der Waals surface area contributed by atoms with Crippen molar-refractivity contribution in [1.29, 1.82) is 0 Å². The van der Waals surface area contributed by atoms with Gasteiger partial charge >= 0.3 is 0 Å². The van der Waals surface area contributed by atoms with Gasteiger partial charge in [0.05, 0.1) is 0 Å². The Kier molecular flexibility index (Phi) is 12.1. The summed E-state index contributed by atoms with van der Waals surface area (Å²) in [4.78, 5) is 0. The molecule has 78 valence electrons. The van der Waals surface area contributed by atoms with Crippen LogP contribution in [-0.2, 0) is 0 Å². The normalized spacial score (nSPS) is 11.0. The summed E-state index contributed by atoms with van der Waals surface area (Å²) in [6, 6.07) is 0. The van der Waals surface area contributed by atoms with Crippen LogP contribution in [0.5, 0.6) is 0 Å². The molecular formula is C11H26Ar. The third-order valence-corrected chi connectivity index (χ3v) is 1.06. The van der Waals surface area contributed by atoms with E-state index in [-0.39, 0.29) is 37.7 Å². The Bertz CT molecular complexity index is 76.2. The molecule has 0 bridgehead atoms. The molecule has 1 heteroatoms. The van der Waals surface area contributed by atoms with Gasteiger partial charge in [-0.15, -0.1) is 0 Å². The fraction of sp³-hybridized carbons (Fsp3) is 1.00. The van der Waals surface area contributed by atoms with Crippen molar-refractivity contribution in [3.8, 4) is 0 Å². The summed E-state index contributed by atoms with van der Waals surface area (Å²) in [6.45, 7) is 17.7. The Hall–Kier alpha value is 1.26. The maximum Gasteiger partial charge on any atom is 0 e. The molecule has 0 aliphatic heterocycles. The summed E-state index contributed by atoms with van der Waals surface area (Å²) in [7, 11) is 0. The summed E-state index contributed by atoms with van der Waals surface area (Å²) in [5.41, 5.74) is 1.04. The molecular weight excluding hydrogens is 172 g/mol. The quantitative estimate of drug-likeness (QED) is 0.537. The summed E-state index contributed by atoms with van der Waals surface area (Å²) >= 11 is 0. The second-order valence-corrected chi connectivity index (χ2v) is 5.91. The van der Waals surface area contributed by atoms with Crippen LogP contribution in [0.1, 0.15) is 61.8 Å². The molecule has 0 nitrogen and oxygen atoms in total. The Morgan fingerprint density at radius 1 is 0.750 bits per heavy atom. The fourth-order valence-corrected chi connectivity index (χ4v) is 0. The van der Waals surface area contributed by atoms with E-state index in [0.29, 0.717) is 10.8 Å². The van der Waals surface area contributed by atoms with Gasteiger partial charge in [-0.25, -0.2) is 0 Å². The zero-order valence-corrected chi connectivity index (χ0v) is 10.8. The minimum atomic E-state index is 0. The van der Waals surface area contributed by atoms with Crippen molar-refractivity contribution in [3.63, 3.8) is 0 Å². The SMILES string of the molecule is CC(C)(C)C.CCC(C)(C)C.[Ar]. The van der Waals surface area contributed by atoms with Gasteiger partial charge in [-0.05, 0) is 10.8 Å². The maximum atomic E-state index is 2.24. The first-order valence-corrected chi connectivity index (χ1v) is 4.56. The molecule has 0 heterocycles. The van der Waals surface area contributed by atoms with E-state index in [4.69, 9.17) is 0 Å². The molecule has 0 amide bonds. The van der Waals surface area contributed by atoms with Crippen LogP contribution in [0.4, 0.5) is 0 Å². The van der Waals surface area contributed by atoms with Gasteiger partial charge in [-0.2, -0.15) is 0 Å². The van der Waals surface area contributed by atoms with Gasteiger partial charge in [0.25, 0.3) is 0 Å². The van der Waals surface area contributed by atoms with E-state index in [0.717, 1.165) is 0 Å². The van der Waals surface area contributed by atoms with Gasteiger partial charge in [-0.3, -0.25) is 0 Å². The first-order valence-electron chi connectivity index (χ1n) is 4.56. The summed E-state index contributed by atoms with van der Waals surface area (Å²) in [5.74, 6) is 0. The average molecular weight is 198 g/mol. The van der Waals surface area contributed by atoms with Crippen molar-refractivity contribution in [2.45, 2.75) is 61.8 Å². The summed E-state index contributed by atoms with van der Waals surface area (Å²) in [5, 5.41) is 0.